The molecule has 0 saturated heterocycles. The van der Waals surface area contributed by atoms with E-state index in [1.165, 1.54) is 12.1 Å². The summed E-state index contributed by atoms with van der Waals surface area (Å²) in [6.07, 6.45) is 1.59. The molecule has 5 heteroatoms. The molecule has 0 spiro atoms. The van der Waals surface area contributed by atoms with Gasteiger partial charge in [-0.1, -0.05) is 12.1 Å². The highest BCUT2D eigenvalue weighted by atomic mass is 19.3. The van der Waals surface area contributed by atoms with E-state index in [1.807, 2.05) is 0 Å². The average Bonchev–Trinajstić information content (AvgIpc) is 3.06. The summed E-state index contributed by atoms with van der Waals surface area (Å²) >= 11 is 0. The van der Waals surface area contributed by atoms with Crippen LogP contribution in [0, 0.1) is 17.6 Å². The molecule has 0 amide bonds. The van der Waals surface area contributed by atoms with Crippen LogP contribution in [0.3, 0.4) is 0 Å². The van der Waals surface area contributed by atoms with Crippen LogP contribution in [-0.2, 0) is 9.74 Å². The molecule has 0 N–H and O–H groups in total. The summed E-state index contributed by atoms with van der Waals surface area (Å²) in [5.41, 5.74) is 0. The Labute approximate surface area is 84.6 Å². The first-order valence-corrected chi connectivity index (χ1v) is 4.37. The Morgan fingerprint density at radius 3 is 1.87 bits per heavy atom. The largest absolute Gasteiger partial charge is 0.351 e. The fourth-order valence-electron chi connectivity index (χ4n) is 0.821. The van der Waals surface area contributed by atoms with Gasteiger partial charge in [0.05, 0.1) is 5.92 Å². The highest BCUT2D eigenvalue weighted by molar-refractivity contribution is 5.74. The van der Waals surface area contributed by atoms with E-state index in [4.69, 9.17) is 0 Å². The summed E-state index contributed by atoms with van der Waals surface area (Å²) in [6.45, 7) is 0. The van der Waals surface area contributed by atoms with E-state index in [0.29, 0.717) is 0 Å². The van der Waals surface area contributed by atoms with Crippen molar-refractivity contribution in [2.45, 2.75) is 12.8 Å². The van der Waals surface area contributed by atoms with E-state index < -0.39 is 17.6 Å². The summed E-state index contributed by atoms with van der Waals surface area (Å²) < 4.78 is 34.7. The summed E-state index contributed by atoms with van der Waals surface area (Å²) in [4.78, 5) is 12.9. The van der Waals surface area contributed by atoms with E-state index in [9.17, 15) is 18.1 Å². The minimum atomic E-state index is -0.799. The SMILES string of the molecule is Fc1ccccc1F.O=C(OF)C1CC1. The molecule has 0 aromatic heterocycles. The second-order valence-corrected chi connectivity index (χ2v) is 3.08. The average molecular weight is 218 g/mol. The Morgan fingerprint density at radius 1 is 1.20 bits per heavy atom. The number of rotatable bonds is 1. The van der Waals surface area contributed by atoms with Crippen molar-refractivity contribution in [3.05, 3.63) is 35.9 Å². The number of benzene rings is 1. The summed E-state index contributed by atoms with van der Waals surface area (Å²) in [5.74, 6) is -2.43. The highest BCUT2D eigenvalue weighted by Crippen LogP contribution is 2.29. The third-order valence-electron chi connectivity index (χ3n) is 1.81. The first-order valence-electron chi connectivity index (χ1n) is 4.37. The fourth-order valence-corrected chi connectivity index (χ4v) is 0.821. The summed E-state index contributed by atoms with van der Waals surface area (Å²) in [6, 6.07) is 5.04. The van der Waals surface area contributed by atoms with Gasteiger partial charge in [-0.15, -0.1) is 0 Å². The standard InChI is InChI=1S/C6H4F2.C4H5FO2/c7-5-3-1-2-4-6(5)8;5-7-4(6)3-1-2-3/h1-4H;3H,1-2H2. The van der Waals surface area contributed by atoms with Crippen LogP contribution in [0.5, 0.6) is 0 Å². The lowest BCUT2D eigenvalue weighted by molar-refractivity contribution is -0.185. The van der Waals surface area contributed by atoms with Crippen molar-refractivity contribution >= 4 is 5.97 Å². The van der Waals surface area contributed by atoms with Gasteiger partial charge in [-0.2, -0.15) is 0 Å². The molecule has 2 nitrogen and oxygen atoms in total. The number of hydrogen-bond acceptors (Lipinski definition) is 2. The molecule has 1 aromatic carbocycles. The minimum absolute atomic E-state index is 0.120. The van der Waals surface area contributed by atoms with E-state index >= 15 is 0 Å². The van der Waals surface area contributed by atoms with Gasteiger partial charge < -0.3 is 0 Å². The van der Waals surface area contributed by atoms with E-state index in [-0.39, 0.29) is 5.92 Å². The molecular weight excluding hydrogens is 209 g/mol. The van der Waals surface area contributed by atoms with Crippen molar-refractivity contribution in [3.63, 3.8) is 0 Å². The maximum atomic E-state index is 11.9. The lowest BCUT2D eigenvalue weighted by Crippen LogP contribution is -1.97. The fraction of sp³-hybridized carbons (Fsp3) is 0.300. The Kier molecular flexibility index (Phi) is 4.15. The van der Waals surface area contributed by atoms with Crippen LogP contribution in [0.15, 0.2) is 24.3 Å². The van der Waals surface area contributed by atoms with Gasteiger partial charge in [0.15, 0.2) is 11.6 Å². The Bertz CT molecular complexity index is 316. The van der Waals surface area contributed by atoms with Crippen molar-refractivity contribution in [3.8, 4) is 0 Å². The molecule has 0 atom stereocenters. The first kappa shape index (κ1) is 11.6. The molecule has 82 valence electrons. The number of hydrogen-bond donors (Lipinski definition) is 0. The van der Waals surface area contributed by atoms with Crippen molar-refractivity contribution < 1.29 is 23.0 Å². The molecule has 0 unspecified atom stereocenters. The van der Waals surface area contributed by atoms with Crippen molar-refractivity contribution in [2.24, 2.45) is 5.92 Å². The molecule has 15 heavy (non-hydrogen) atoms. The molecule has 1 aromatic rings. The molecule has 0 radical (unpaired) electrons. The molecule has 1 aliphatic rings. The zero-order valence-electron chi connectivity index (χ0n) is 7.75. The first-order chi connectivity index (χ1) is 7.15. The predicted octanol–water partition coefficient (Wildman–Crippen LogP) is 2.79. The van der Waals surface area contributed by atoms with Crippen molar-refractivity contribution in [2.75, 3.05) is 0 Å². The zero-order chi connectivity index (χ0) is 11.3. The number of carbonyl (C=O) groups is 1. The van der Waals surface area contributed by atoms with E-state index in [1.54, 1.807) is 0 Å². The lowest BCUT2D eigenvalue weighted by Gasteiger charge is -1.85. The van der Waals surface area contributed by atoms with Crippen LogP contribution in [0.2, 0.25) is 0 Å². The Morgan fingerprint density at radius 2 is 1.67 bits per heavy atom. The normalized spacial score (nSPS) is 13.8. The molecule has 0 heterocycles. The third-order valence-corrected chi connectivity index (χ3v) is 1.81. The topological polar surface area (TPSA) is 26.3 Å². The van der Waals surface area contributed by atoms with Crippen molar-refractivity contribution in [1.29, 1.82) is 0 Å². The maximum Gasteiger partial charge on any atom is 0.351 e. The van der Waals surface area contributed by atoms with Gasteiger partial charge >= 0.3 is 5.97 Å². The zero-order valence-corrected chi connectivity index (χ0v) is 7.75. The van der Waals surface area contributed by atoms with E-state index in [0.717, 1.165) is 25.0 Å². The third kappa shape index (κ3) is 4.01. The lowest BCUT2D eigenvalue weighted by atomic mass is 10.3. The van der Waals surface area contributed by atoms with Gasteiger partial charge in [0.1, 0.15) is 0 Å². The van der Waals surface area contributed by atoms with Gasteiger partial charge in [0, 0.05) is 4.53 Å². The number of carbonyl (C=O) groups excluding carboxylic acids is 1. The molecule has 1 aliphatic carbocycles. The van der Waals surface area contributed by atoms with E-state index in [2.05, 4.69) is 4.94 Å². The predicted molar refractivity (Wildman–Crippen MR) is 46.3 cm³/mol. The molecular formula is C10H9F3O2. The number of halogens is 3. The van der Waals surface area contributed by atoms with Gasteiger partial charge in [-0.3, -0.25) is 4.94 Å². The van der Waals surface area contributed by atoms with Crippen LogP contribution in [-0.4, -0.2) is 5.97 Å². The van der Waals surface area contributed by atoms with Gasteiger partial charge in [0.25, 0.3) is 0 Å². The van der Waals surface area contributed by atoms with Crippen LogP contribution in [0.25, 0.3) is 0 Å². The Balaban J connectivity index is 0.000000151. The smallest absolute Gasteiger partial charge is 0.255 e. The monoisotopic (exact) mass is 218 g/mol. The molecule has 2 rings (SSSR count). The molecule has 1 fully saturated rings. The second kappa shape index (κ2) is 5.38. The van der Waals surface area contributed by atoms with Crippen molar-refractivity contribution in [1.82, 2.24) is 0 Å². The summed E-state index contributed by atoms with van der Waals surface area (Å²) in [5, 5.41) is 0. The molecule has 1 saturated carbocycles. The second-order valence-electron chi connectivity index (χ2n) is 3.08. The van der Waals surface area contributed by atoms with Crippen LogP contribution in [0.4, 0.5) is 13.3 Å². The van der Waals surface area contributed by atoms with Crippen LogP contribution >= 0.6 is 0 Å². The van der Waals surface area contributed by atoms with Crippen LogP contribution < -0.4 is 0 Å². The highest BCUT2D eigenvalue weighted by Gasteiger charge is 2.31. The van der Waals surface area contributed by atoms with Crippen LogP contribution in [0.1, 0.15) is 12.8 Å². The van der Waals surface area contributed by atoms with Gasteiger partial charge in [0.2, 0.25) is 0 Å². The quantitative estimate of drug-likeness (QED) is 0.724. The Hall–Kier alpha value is -1.52. The summed E-state index contributed by atoms with van der Waals surface area (Å²) in [7, 11) is 0. The minimum Gasteiger partial charge on any atom is -0.255 e. The van der Waals surface area contributed by atoms with Gasteiger partial charge in [-0.25, -0.2) is 13.6 Å². The molecule has 0 bridgehead atoms. The van der Waals surface area contributed by atoms with Gasteiger partial charge in [-0.05, 0) is 25.0 Å². The maximum absolute atomic E-state index is 11.9. The molecule has 0 aliphatic heterocycles.